The number of halogens is 1. The Labute approximate surface area is 94.4 Å². The predicted octanol–water partition coefficient (Wildman–Crippen LogP) is 2.55. The molecule has 15 heavy (non-hydrogen) atoms. The Balaban J connectivity index is 2.45. The first-order chi connectivity index (χ1) is 7.27. The minimum absolute atomic E-state index is 0.158. The molecular weight excluding hydrogens is 211 g/mol. The topological polar surface area (TPSA) is 38.0 Å². The van der Waals surface area contributed by atoms with Crippen LogP contribution in [-0.4, -0.2) is 11.8 Å². The van der Waals surface area contributed by atoms with Gasteiger partial charge in [-0.25, -0.2) is 4.39 Å². The summed E-state index contributed by atoms with van der Waals surface area (Å²) >= 11 is 1.50. The Bertz CT molecular complexity index is 294. The lowest BCUT2D eigenvalue weighted by Gasteiger charge is -2.14. The average molecular weight is 228 g/mol. The Hall–Kier alpha value is -0.580. The zero-order valence-electron chi connectivity index (χ0n) is 8.87. The summed E-state index contributed by atoms with van der Waals surface area (Å²) in [6.45, 7) is 2.11. The number of hydrogen-bond acceptors (Lipinski definition) is 3. The highest BCUT2D eigenvalue weighted by Crippen LogP contribution is 2.22. The molecule has 0 aromatic heterocycles. The average Bonchev–Trinajstić information content (AvgIpc) is 2.26. The van der Waals surface area contributed by atoms with E-state index in [1.54, 1.807) is 12.1 Å². The van der Waals surface area contributed by atoms with Crippen molar-refractivity contribution >= 4 is 11.8 Å². The first-order valence-electron chi connectivity index (χ1n) is 5.11. The molecule has 0 aliphatic carbocycles. The van der Waals surface area contributed by atoms with Gasteiger partial charge in [0, 0.05) is 16.7 Å². The number of nitrogens with two attached hydrogens (primary N) is 1. The molecular formula is C11H17FN2S. The summed E-state index contributed by atoms with van der Waals surface area (Å²) in [5.41, 5.74) is 2.75. The number of benzene rings is 1. The third-order valence-electron chi connectivity index (χ3n) is 2.15. The molecule has 0 aliphatic heterocycles. The summed E-state index contributed by atoms with van der Waals surface area (Å²) in [6.07, 6.45) is 2.09. The Morgan fingerprint density at radius 3 is 2.80 bits per heavy atom. The highest BCUT2D eigenvalue weighted by molar-refractivity contribution is 7.99. The van der Waals surface area contributed by atoms with Crippen LogP contribution in [0.15, 0.2) is 29.2 Å². The molecule has 2 nitrogen and oxygen atoms in total. The monoisotopic (exact) mass is 228 g/mol. The van der Waals surface area contributed by atoms with Crippen molar-refractivity contribution in [2.45, 2.75) is 30.7 Å². The molecule has 0 radical (unpaired) electrons. The molecule has 1 rings (SSSR count). The minimum Gasteiger partial charge on any atom is -0.271 e. The molecule has 1 aromatic rings. The van der Waals surface area contributed by atoms with Gasteiger partial charge in [-0.3, -0.25) is 11.3 Å². The minimum atomic E-state index is -0.158. The van der Waals surface area contributed by atoms with Gasteiger partial charge in [0.1, 0.15) is 5.82 Å². The van der Waals surface area contributed by atoms with Gasteiger partial charge in [-0.1, -0.05) is 25.5 Å². The van der Waals surface area contributed by atoms with E-state index in [1.807, 2.05) is 6.07 Å². The van der Waals surface area contributed by atoms with Gasteiger partial charge >= 0.3 is 0 Å². The molecule has 0 saturated heterocycles. The summed E-state index contributed by atoms with van der Waals surface area (Å²) in [5.74, 6) is 6.04. The zero-order valence-corrected chi connectivity index (χ0v) is 9.69. The lowest BCUT2D eigenvalue weighted by molar-refractivity contribution is 0.532. The summed E-state index contributed by atoms with van der Waals surface area (Å²) in [6, 6.07) is 7.06. The van der Waals surface area contributed by atoms with Crippen LogP contribution in [0.2, 0.25) is 0 Å². The number of hydrazine groups is 1. The van der Waals surface area contributed by atoms with Crippen molar-refractivity contribution in [3.8, 4) is 0 Å². The third kappa shape index (κ3) is 4.20. The fourth-order valence-corrected chi connectivity index (χ4v) is 2.34. The van der Waals surface area contributed by atoms with Gasteiger partial charge in [0.05, 0.1) is 0 Å². The summed E-state index contributed by atoms with van der Waals surface area (Å²) in [4.78, 5) is 0.689. The SMILES string of the molecule is CCCC(CSc1ccccc1F)NN. The molecule has 1 unspecified atom stereocenters. The third-order valence-corrected chi connectivity index (χ3v) is 3.36. The van der Waals surface area contributed by atoms with Gasteiger partial charge in [0.25, 0.3) is 0 Å². The molecule has 1 aromatic carbocycles. The number of rotatable bonds is 6. The molecule has 0 heterocycles. The second-order valence-electron chi connectivity index (χ2n) is 3.39. The second kappa shape index (κ2) is 6.82. The maximum Gasteiger partial charge on any atom is 0.136 e. The van der Waals surface area contributed by atoms with E-state index in [4.69, 9.17) is 5.84 Å². The summed E-state index contributed by atoms with van der Waals surface area (Å²) < 4.78 is 13.3. The highest BCUT2D eigenvalue weighted by Gasteiger charge is 2.07. The molecule has 0 spiro atoms. The smallest absolute Gasteiger partial charge is 0.136 e. The van der Waals surface area contributed by atoms with Gasteiger partial charge in [0.2, 0.25) is 0 Å². The van der Waals surface area contributed by atoms with Crippen molar-refractivity contribution in [1.82, 2.24) is 5.43 Å². The highest BCUT2D eigenvalue weighted by atomic mass is 32.2. The van der Waals surface area contributed by atoms with Crippen molar-refractivity contribution in [2.24, 2.45) is 5.84 Å². The van der Waals surface area contributed by atoms with Crippen molar-refractivity contribution in [2.75, 3.05) is 5.75 Å². The number of hydrogen-bond donors (Lipinski definition) is 2. The lowest BCUT2D eigenvalue weighted by Crippen LogP contribution is -2.36. The van der Waals surface area contributed by atoms with Gasteiger partial charge in [-0.2, -0.15) is 0 Å². The molecule has 0 saturated carbocycles. The molecule has 0 amide bonds. The second-order valence-corrected chi connectivity index (χ2v) is 4.46. The molecule has 0 fully saturated rings. The van der Waals surface area contributed by atoms with Crippen molar-refractivity contribution in [3.05, 3.63) is 30.1 Å². The van der Waals surface area contributed by atoms with Crippen LogP contribution in [0.3, 0.4) is 0 Å². The van der Waals surface area contributed by atoms with E-state index in [0.717, 1.165) is 18.6 Å². The lowest BCUT2D eigenvalue weighted by atomic mass is 10.2. The summed E-state index contributed by atoms with van der Waals surface area (Å²) in [7, 11) is 0. The molecule has 0 bridgehead atoms. The maximum atomic E-state index is 13.3. The van der Waals surface area contributed by atoms with Crippen LogP contribution in [0.1, 0.15) is 19.8 Å². The van der Waals surface area contributed by atoms with Crippen molar-refractivity contribution in [1.29, 1.82) is 0 Å². The van der Waals surface area contributed by atoms with E-state index in [-0.39, 0.29) is 11.9 Å². The van der Waals surface area contributed by atoms with E-state index in [2.05, 4.69) is 12.3 Å². The molecule has 84 valence electrons. The first kappa shape index (κ1) is 12.5. The van der Waals surface area contributed by atoms with Gasteiger partial charge in [-0.15, -0.1) is 11.8 Å². The van der Waals surface area contributed by atoms with E-state index >= 15 is 0 Å². The molecule has 3 N–H and O–H groups in total. The van der Waals surface area contributed by atoms with E-state index in [9.17, 15) is 4.39 Å². The van der Waals surface area contributed by atoms with Crippen LogP contribution < -0.4 is 11.3 Å². The fraction of sp³-hybridized carbons (Fsp3) is 0.455. The first-order valence-corrected chi connectivity index (χ1v) is 6.10. The molecule has 0 aliphatic rings. The Morgan fingerprint density at radius 1 is 1.47 bits per heavy atom. The Kier molecular flexibility index (Phi) is 5.68. The van der Waals surface area contributed by atoms with E-state index in [1.165, 1.54) is 17.8 Å². The van der Waals surface area contributed by atoms with Crippen LogP contribution in [0, 0.1) is 5.82 Å². The predicted molar refractivity (Wildman–Crippen MR) is 63.1 cm³/mol. The normalized spacial score (nSPS) is 12.7. The van der Waals surface area contributed by atoms with E-state index < -0.39 is 0 Å². The quantitative estimate of drug-likeness (QED) is 0.446. The number of nitrogens with one attached hydrogen (secondary N) is 1. The van der Waals surface area contributed by atoms with Crippen LogP contribution >= 0.6 is 11.8 Å². The summed E-state index contributed by atoms with van der Waals surface area (Å²) in [5, 5.41) is 0. The van der Waals surface area contributed by atoms with Crippen LogP contribution in [0.5, 0.6) is 0 Å². The van der Waals surface area contributed by atoms with Crippen molar-refractivity contribution in [3.63, 3.8) is 0 Å². The Morgan fingerprint density at radius 2 is 2.20 bits per heavy atom. The van der Waals surface area contributed by atoms with Crippen LogP contribution in [0.4, 0.5) is 4.39 Å². The molecule has 1 atom stereocenters. The maximum absolute atomic E-state index is 13.3. The van der Waals surface area contributed by atoms with Crippen LogP contribution in [0.25, 0.3) is 0 Å². The van der Waals surface area contributed by atoms with Crippen LogP contribution in [-0.2, 0) is 0 Å². The fourth-order valence-electron chi connectivity index (χ4n) is 1.32. The zero-order chi connectivity index (χ0) is 11.1. The van der Waals surface area contributed by atoms with Gasteiger partial charge < -0.3 is 0 Å². The largest absolute Gasteiger partial charge is 0.271 e. The van der Waals surface area contributed by atoms with E-state index in [0.29, 0.717) is 4.90 Å². The standard InChI is InChI=1S/C11H17FN2S/c1-2-5-9(14-13)8-15-11-7-4-3-6-10(11)12/h3-4,6-7,9,14H,2,5,8,13H2,1H3. The van der Waals surface area contributed by atoms with Crippen molar-refractivity contribution < 1.29 is 4.39 Å². The molecule has 4 heteroatoms. The van der Waals surface area contributed by atoms with Gasteiger partial charge in [-0.05, 0) is 18.6 Å². The number of thioether (sulfide) groups is 1. The van der Waals surface area contributed by atoms with Gasteiger partial charge in [0.15, 0.2) is 0 Å².